The van der Waals surface area contributed by atoms with Crippen molar-refractivity contribution in [2.75, 3.05) is 0 Å². The van der Waals surface area contributed by atoms with Gasteiger partial charge in [0.1, 0.15) is 11.2 Å². The lowest BCUT2D eigenvalue weighted by atomic mass is 9.72. The van der Waals surface area contributed by atoms with Crippen LogP contribution in [-0.4, -0.2) is 24.5 Å². The summed E-state index contributed by atoms with van der Waals surface area (Å²) in [5.41, 5.74) is 13.9. The molecular weight excluding hydrogens is 635 g/mol. The number of nitrogens with zero attached hydrogens (tertiary/aromatic N) is 5. The Morgan fingerprint density at radius 1 is 0.365 bits per heavy atom. The maximum Gasteiger partial charge on any atom is 0.164 e. The molecule has 3 heterocycles. The lowest BCUT2D eigenvalue weighted by molar-refractivity contribution is 0.738. The number of imidazole rings is 1. The molecule has 1 aliphatic carbocycles. The van der Waals surface area contributed by atoms with E-state index in [0.29, 0.717) is 17.5 Å². The topological polar surface area (TPSA) is 56.5 Å². The Balaban J connectivity index is 1.16. The zero-order chi connectivity index (χ0) is 34.2. The zero-order valence-corrected chi connectivity index (χ0v) is 28.0. The Bertz CT molecular complexity index is 2800. The van der Waals surface area contributed by atoms with Gasteiger partial charge in [0, 0.05) is 16.7 Å². The fourth-order valence-corrected chi connectivity index (χ4v) is 8.46. The van der Waals surface area contributed by atoms with Gasteiger partial charge in [-0.1, -0.05) is 152 Å². The summed E-state index contributed by atoms with van der Waals surface area (Å²) in [6.07, 6.45) is 0. The van der Waals surface area contributed by atoms with E-state index < -0.39 is 5.41 Å². The molecule has 0 N–H and O–H groups in total. The van der Waals surface area contributed by atoms with Crippen molar-refractivity contribution in [1.82, 2.24) is 24.5 Å². The molecule has 0 bridgehead atoms. The monoisotopic (exact) mass is 663 g/mol. The van der Waals surface area contributed by atoms with E-state index in [9.17, 15) is 0 Å². The van der Waals surface area contributed by atoms with Gasteiger partial charge in [-0.15, -0.1) is 0 Å². The van der Waals surface area contributed by atoms with Crippen molar-refractivity contribution in [3.8, 4) is 62.1 Å². The van der Waals surface area contributed by atoms with Crippen molar-refractivity contribution < 1.29 is 0 Å². The largest absolute Gasteiger partial charge is 0.295 e. The molecular formula is C47H29N5. The average molecular weight is 664 g/mol. The van der Waals surface area contributed by atoms with Gasteiger partial charge in [-0.25, -0.2) is 19.9 Å². The maximum absolute atomic E-state index is 5.42. The number of hydrogen-bond donors (Lipinski definition) is 0. The fourth-order valence-electron chi connectivity index (χ4n) is 8.46. The van der Waals surface area contributed by atoms with Gasteiger partial charge in [-0.05, 0) is 63.2 Å². The zero-order valence-electron chi connectivity index (χ0n) is 28.0. The Hall–Kier alpha value is -6.98. The standard InChI is InChI=1S/C47H29N5/c1-3-15-30(16-4-1)43-49-44(31-17-5-2-6-18-31)51-45(50-43)36-21-8-7-19-33(36)32-27-28-35-34-20-9-10-22-37(34)47(39(35)29-32)38-23-11-13-25-41(38)52-42-26-14-12-24-40(42)48-46(47)52/h1-29H. The van der Waals surface area contributed by atoms with Crippen LogP contribution in [0.3, 0.4) is 0 Å². The molecule has 0 saturated carbocycles. The number of aromatic nitrogens is 5. The SMILES string of the molecule is c1ccc(-c2nc(-c3ccccc3)nc(-c3ccccc3-c3ccc4c(c3)C3(c5ccccc5-4)c4ccccc4-n4c3nc3ccccc34)n2)cc1. The summed E-state index contributed by atoms with van der Waals surface area (Å²) >= 11 is 0. The van der Waals surface area contributed by atoms with E-state index in [2.05, 4.69) is 120 Å². The highest BCUT2D eigenvalue weighted by Gasteiger charge is 2.54. The molecule has 242 valence electrons. The number of rotatable bonds is 4. The highest BCUT2D eigenvalue weighted by Crippen LogP contribution is 2.61. The molecule has 0 amide bonds. The van der Waals surface area contributed by atoms with Crippen molar-refractivity contribution in [3.63, 3.8) is 0 Å². The number of fused-ring (bicyclic) bond motifs is 12. The second-order valence-corrected chi connectivity index (χ2v) is 13.4. The lowest BCUT2D eigenvalue weighted by Crippen LogP contribution is -2.27. The van der Waals surface area contributed by atoms with E-state index >= 15 is 0 Å². The van der Waals surface area contributed by atoms with Crippen LogP contribution in [0.15, 0.2) is 176 Å². The van der Waals surface area contributed by atoms with Gasteiger partial charge in [0.05, 0.1) is 16.7 Å². The highest BCUT2D eigenvalue weighted by molar-refractivity contribution is 5.93. The van der Waals surface area contributed by atoms with Crippen LogP contribution in [0.5, 0.6) is 0 Å². The van der Waals surface area contributed by atoms with Crippen LogP contribution in [0.2, 0.25) is 0 Å². The summed E-state index contributed by atoms with van der Waals surface area (Å²) in [4.78, 5) is 20.6. The smallest absolute Gasteiger partial charge is 0.164 e. The number of para-hydroxylation sites is 3. The molecule has 1 atom stereocenters. The molecule has 7 aromatic carbocycles. The van der Waals surface area contributed by atoms with Crippen molar-refractivity contribution in [3.05, 3.63) is 198 Å². The van der Waals surface area contributed by atoms with E-state index in [1.54, 1.807) is 0 Å². The third-order valence-electron chi connectivity index (χ3n) is 10.7. The van der Waals surface area contributed by atoms with Crippen LogP contribution < -0.4 is 0 Å². The minimum atomic E-state index is -0.583. The van der Waals surface area contributed by atoms with Gasteiger partial charge < -0.3 is 0 Å². The molecule has 9 aromatic rings. The molecule has 1 spiro atoms. The van der Waals surface area contributed by atoms with Crippen molar-refractivity contribution in [2.24, 2.45) is 0 Å². The molecule has 0 fully saturated rings. The molecule has 1 unspecified atom stereocenters. The fraction of sp³-hybridized carbons (Fsp3) is 0.0213. The van der Waals surface area contributed by atoms with Crippen LogP contribution in [0, 0.1) is 0 Å². The van der Waals surface area contributed by atoms with E-state index in [0.717, 1.165) is 44.7 Å². The average Bonchev–Trinajstić information content (AvgIpc) is 3.85. The first kappa shape index (κ1) is 28.8. The van der Waals surface area contributed by atoms with Crippen LogP contribution >= 0.6 is 0 Å². The Kier molecular flexibility index (Phi) is 6.10. The number of hydrogen-bond acceptors (Lipinski definition) is 4. The molecule has 2 aromatic heterocycles. The predicted molar refractivity (Wildman–Crippen MR) is 207 cm³/mol. The summed E-state index contributed by atoms with van der Waals surface area (Å²) in [7, 11) is 0. The minimum absolute atomic E-state index is 0.583. The van der Waals surface area contributed by atoms with E-state index in [4.69, 9.17) is 19.9 Å². The molecule has 5 nitrogen and oxygen atoms in total. The second kappa shape index (κ2) is 11.0. The van der Waals surface area contributed by atoms with Crippen LogP contribution in [0.1, 0.15) is 22.5 Å². The van der Waals surface area contributed by atoms with Gasteiger partial charge >= 0.3 is 0 Å². The third-order valence-corrected chi connectivity index (χ3v) is 10.7. The minimum Gasteiger partial charge on any atom is -0.295 e. The Labute approximate surface area is 300 Å². The summed E-state index contributed by atoms with van der Waals surface area (Å²) in [6, 6.07) is 61.8. The van der Waals surface area contributed by atoms with Crippen molar-refractivity contribution in [2.45, 2.75) is 5.41 Å². The van der Waals surface area contributed by atoms with Crippen LogP contribution in [0.4, 0.5) is 0 Å². The van der Waals surface area contributed by atoms with Gasteiger partial charge in [-0.2, -0.15) is 0 Å². The molecule has 1 aliphatic heterocycles. The summed E-state index contributed by atoms with van der Waals surface area (Å²) < 4.78 is 2.37. The first-order chi connectivity index (χ1) is 25.8. The molecule has 11 rings (SSSR count). The predicted octanol–water partition coefficient (Wildman–Crippen LogP) is 10.6. The first-order valence-corrected chi connectivity index (χ1v) is 17.6. The first-order valence-electron chi connectivity index (χ1n) is 17.6. The second-order valence-electron chi connectivity index (χ2n) is 13.4. The van der Waals surface area contributed by atoms with Gasteiger partial charge in [0.2, 0.25) is 0 Å². The van der Waals surface area contributed by atoms with E-state index in [1.807, 2.05) is 60.7 Å². The Morgan fingerprint density at radius 3 is 1.67 bits per heavy atom. The quantitative estimate of drug-likeness (QED) is 0.188. The number of benzene rings is 7. The van der Waals surface area contributed by atoms with Crippen LogP contribution in [0.25, 0.3) is 73.1 Å². The molecule has 0 radical (unpaired) electrons. The molecule has 5 heteroatoms. The third kappa shape index (κ3) is 3.99. The summed E-state index contributed by atoms with van der Waals surface area (Å²) in [5, 5.41) is 0. The van der Waals surface area contributed by atoms with Gasteiger partial charge in [-0.3, -0.25) is 4.57 Å². The maximum atomic E-state index is 5.42. The molecule has 2 aliphatic rings. The van der Waals surface area contributed by atoms with Gasteiger partial charge in [0.25, 0.3) is 0 Å². The summed E-state index contributed by atoms with van der Waals surface area (Å²) in [6.45, 7) is 0. The Morgan fingerprint density at radius 2 is 0.923 bits per heavy atom. The normalized spacial score (nSPS) is 15.0. The highest BCUT2D eigenvalue weighted by atomic mass is 15.1. The van der Waals surface area contributed by atoms with E-state index in [-0.39, 0.29) is 0 Å². The molecule has 0 saturated heterocycles. The summed E-state index contributed by atoms with van der Waals surface area (Å²) in [5.74, 6) is 2.95. The molecule has 52 heavy (non-hydrogen) atoms. The van der Waals surface area contributed by atoms with Gasteiger partial charge in [0.15, 0.2) is 17.5 Å². The lowest BCUT2D eigenvalue weighted by Gasteiger charge is -2.27. The van der Waals surface area contributed by atoms with E-state index in [1.165, 1.54) is 33.5 Å². The van der Waals surface area contributed by atoms with Crippen molar-refractivity contribution >= 4 is 11.0 Å². The van der Waals surface area contributed by atoms with Crippen molar-refractivity contribution in [1.29, 1.82) is 0 Å². The van der Waals surface area contributed by atoms with Crippen LogP contribution in [-0.2, 0) is 5.41 Å².